The quantitative estimate of drug-likeness (QED) is 0.754. The summed E-state index contributed by atoms with van der Waals surface area (Å²) in [5.41, 5.74) is 1.99. The zero-order valence-corrected chi connectivity index (χ0v) is 8.31. The maximum atomic E-state index is 10.6. The highest BCUT2D eigenvalue weighted by atomic mass is 16.4. The number of carboxylic acids is 1. The number of phenols is 1. The molecule has 0 aromatic heterocycles. The van der Waals surface area contributed by atoms with Gasteiger partial charge >= 0.3 is 5.97 Å². The van der Waals surface area contributed by atoms with Crippen LogP contribution in [0.1, 0.15) is 11.1 Å². The Morgan fingerprint density at radius 2 is 2.27 bits per heavy atom. The monoisotopic (exact) mass is 207 g/mol. The summed E-state index contributed by atoms with van der Waals surface area (Å²) >= 11 is 0. The van der Waals surface area contributed by atoms with E-state index in [1.807, 2.05) is 17.0 Å². The highest BCUT2D eigenvalue weighted by molar-refractivity contribution is 5.69. The third-order valence-electron chi connectivity index (χ3n) is 2.69. The summed E-state index contributed by atoms with van der Waals surface area (Å²) in [6, 6.07) is 5.44. The van der Waals surface area contributed by atoms with E-state index in [1.165, 1.54) is 0 Å². The molecular weight excluding hydrogens is 194 g/mol. The van der Waals surface area contributed by atoms with E-state index >= 15 is 0 Å². The molecule has 1 aliphatic rings. The van der Waals surface area contributed by atoms with E-state index in [0.717, 1.165) is 24.1 Å². The zero-order chi connectivity index (χ0) is 10.8. The molecule has 4 nitrogen and oxygen atoms in total. The first-order valence-electron chi connectivity index (χ1n) is 4.90. The SMILES string of the molecule is O=C(O)CN1CCc2cccc(O)c2C1. The Bertz CT molecular complexity index is 389. The van der Waals surface area contributed by atoms with Gasteiger partial charge in [-0.2, -0.15) is 0 Å². The third kappa shape index (κ3) is 2.10. The molecule has 0 radical (unpaired) electrons. The molecule has 2 rings (SSSR count). The zero-order valence-electron chi connectivity index (χ0n) is 8.31. The highest BCUT2D eigenvalue weighted by Gasteiger charge is 2.19. The lowest BCUT2D eigenvalue weighted by atomic mass is 9.99. The second-order valence-electron chi connectivity index (χ2n) is 3.77. The van der Waals surface area contributed by atoms with Crippen LogP contribution >= 0.6 is 0 Å². The minimum atomic E-state index is -0.825. The Balaban J connectivity index is 2.18. The molecule has 4 heteroatoms. The molecule has 1 aromatic rings. The lowest BCUT2D eigenvalue weighted by Gasteiger charge is -2.27. The van der Waals surface area contributed by atoms with Gasteiger partial charge in [0.1, 0.15) is 5.75 Å². The van der Waals surface area contributed by atoms with Crippen molar-refractivity contribution in [1.29, 1.82) is 0 Å². The number of benzene rings is 1. The molecule has 0 unspecified atom stereocenters. The largest absolute Gasteiger partial charge is 0.508 e. The smallest absolute Gasteiger partial charge is 0.317 e. The van der Waals surface area contributed by atoms with Crippen LogP contribution in [0.3, 0.4) is 0 Å². The van der Waals surface area contributed by atoms with Gasteiger partial charge in [-0.3, -0.25) is 9.69 Å². The van der Waals surface area contributed by atoms with E-state index in [9.17, 15) is 9.90 Å². The fraction of sp³-hybridized carbons (Fsp3) is 0.364. The van der Waals surface area contributed by atoms with Crippen LogP contribution in [0.5, 0.6) is 5.75 Å². The summed E-state index contributed by atoms with van der Waals surface area (Å²) in [7, 11) is 0. The summed E-state index contributed by atoms with van der Waals surface area (Å²) in [6.45, 7) is 1.30. The Morgan fingerprint density at radius 3 is 3.00 bits per heavy atom. The molecule has 0 spiro atoms. The number of phenolic OH excluding ortho intramolecular Hbond substituents is 1. The summed E-state index contributed by atoms with van der Waals surface area (Å²) in [4.78, 5) is 12.4. The van der Waals surface area contributed by atoms with Crippen molar-refractivity contribution in [1.82, 2.24) is 4.90 Å². The number of hydrogen-bond donors (Lipinski definition) is 2. The Labute approximate surface area is 87.8 Å². The molecule has 0 saturated carbocycles. The van der Waals surface area contributed by atoms with Crippen LogP contribution in [0, 0.1) is 0 Å². The van der Waals surface area contributed by atoms with Gasteiger partial charge in [0.2, 0.25) is 0 Å². The Hall–Kier alpha value is -1.55. The van der Waals surface area contributed by atoms with E-state index in [2.05, 4.69) is 0 Å². The van der Waals surface area contributed by atoms with Gasteiger partial charge in [-0.25, -0.2) is 0 Å². The van der Waals surface area contributed by atoms with Crippen LogP contribution in [-0.2, 0) is 17.8 Å². The topological polar surface area (TPSA) is 60.8 Å². The summed E-state index contributed by atoms with van der Waals surface area (Å²) in [5, 5.41) is 18.3. The third-order valence-corrected chi connectivity index (χ3v) is 2.69. The van der Waals surface area contributed by atoms with Crippen LogP contribution in [0.4, 0.5) is 0 Å². The van der Waals surface area contributed by atoms with E-state index < -0.39 is 5.97 Å². The average Bonchev–Trinajstić information content (AvgIpc) is 2.18. The highest BCUT2D eigenvalue weighted by Crippen LogP contribution is 2.26. The molecule has 1 aliphatic heterocycles. The molecule has 0 saturated heterocycles. The number of carboxylic acid groups (broad SMARTS) is 1. The lowest BCUT2D eigenvalue weighted by Crippen LogP contribution is -2.34. The molecular formula is C11H13NO3. The normalized spacial score (nSPS) is 16.0. The fourth-order valence-corrected chi connectivity index (χ4v) is 1.95. The van der Waals surface area contributed by atoms with Crippen molar-refractivity contribution in [2.24, 2.45) is 0 Å². The van der Waals surface area contributed by atoms with E-state index in [1.54, 1.807) is 6.07 Å². The molecule has 1 aromatic carbocycles. The van der Waals surface area contributed by atoms with Gasteiger partial charge < -0.3 is 10.2 Å². The number of aromatic hydroxyl groups is 1. The van der Waals surface area contributed by atoms with Gasteiger partial charge in [-0.05, 0) is 18.1 Å². The van der Waals surface area contributed by atoms with Gasteiger partial charge in [0.05, 0.1) is 6.54 Å². The van der Waals surface area contributed by atoms with E-state index in [0.29, 0.717) is 6.54 Å². The molecule has 80 valence electrons. The van der Waals surface area contributed by atoms with Crippen LogP contribution < -0.4 is 0 Å². The first-order valence-corrected chi connectivity index (χ1v) is 4.90. The Morgan fingerprint density at radius 1 is 1.47 bits per heavy atom. The molecule has 0 amide bonds. The number of fused-ring (bicyclic) bond motifs is 1. The minimum Gasteiger partial charge on any atom is -0.508 e. The molecule has 0 fully saturated rings. The van der Waals surface area contributed by atoms with Crippen molar-refractivity contribution in [2.75, 3.05) is 13.1 Å². The van der Waals surface area contributed by atoms with Crippen molar-refractivity contribution >= 4 is 5.97 Å². The standard InChI is InChI=1S/C11H13NO3/c13-10-3-1-2-8-4-5-12(6-9(8)10)7-11(14)15/h1-3,13H,4-7H2,(H,14,15). The van der Waals surface area contributed by atoms with Gasteiger partial charge in [-0.1, -0.05) is 12.1 Å². The van der Waals surface area contributed by atoms with Crippen molar-refractivity contribution < 1.29 is 15.0 Å². The average molecular weight is 207 g/mol. The number of nitrogens with zero attached hydrogens (tertiary/aromatic N) is 1. The summed E-state index contributed by atoms with van der Waals surface area (Å²) < 4.78 is 0. The molecule has 0 bridgehead atoms. The first-order chi connectivity index (χ1) is 7.16. The van der Waals surface area contributed by atoms with Gasteiger partial charge in [0.25, 0.3) is 0 Å². The summed E-state index contributed by atoms with van der Waals surface area (Å²) in [5.74, 6) is -0.559. The van der Waals surface area contributed by atoms with Crippen molar-refractivity contribution in [3.63, 3.8) is 0 Å². The maximum Gasteiger partial charge on any atom is 0.317 e. The van der Waals surface area contributed by atoms with Crippen LogP contribution in [-0.4, -0.2) is 34.2 Å². The second-order valence-corrected chi connectivity index (χ2v) is 3.77. The number of aliphatic carboxylic acids is 1. The predicted octanol–water partition coefficient (Wildman–Crippen LogP) is 0.835. The fourth-order valence-electron chi connectivity index (χ4n) is 1.95. The van der Waals surface area contributed by atoms with Gasteiger partial charge in [-0.15, -0.1) is 0 Å². The number of carbonyl (C=O) groups is 1. The van der Waals surface area contributed by atoms with Crippen molar-refractivity contribution in [3.05, 3.63) is 29.3 Å². The first kappa shape index (κ1) is 9.98. The van der Waals surface area contributed by atoms with Gasteiger partial charge in [0, 0.05) is 18.7 Å². The van der Waals surface area contributed by atoms with Crippen molar-refractivity contribution in [3.8, 4) is 5.75 Å². The second kappa shape index (κ2) is 3.90. The van der Waals surface area contributed by atoms with E-state index in [4.69, 9.17) is 5.11 Å². The van der Waals surface area contributed by atoms with Crippen LogP contribution in [0.15, 0.2) is 18.2 Å². The molecule has 1 heterocycles. The molecule has 0 aliphatic carbocycles. The van der Waals surface area contributed by atoms with Crippen LogP contribution in [0.2, 0.25) is 0 Å². The molecule has 2 N–H and O–H groups in total. The predicted molar refractivity (Wildman–Crippen MR) is 54.7 cm³/mol. The number of rotatable bonds is 2. The van der Waals surface area contributed by atoms with Gasteiger partial charge in [0.15, 0.2) is 0 Å². The minimum absolute atomic E-state index is 0.0355. The number of hydrogen-bond acceptors (Lipinski definition) is 3. The summed E-state index contributed by atoms with van der Waals surface area (Å²) in [6.07, 6.45) is 0.803. The molecule has 0 atom stereocenters. The van der Waals surface area contributed by atoms with Crippen LogP contribution in [0.25, 0.3) is 0 Å². The van der Waals surface area contributed by atoms with E-state index in [-0.39, 0.29) is 12.3 Å². The Kier molecular flexibility index (Phi) is 2.60. The molecule has 15 heavy (non-hydrogen) atoms. The lowest BCUT2D eigenvalue weighted by molar-refractivity contribution is -0.138. The van der Waals surface area contributed by atoms with Crippen molar-refractivity contribution in [2.45, 2.75) is 13.0 Å². The maximum absolute atomic E-state index is 10.6.